The lowest BCUT2D eigenvalue weighted by Gasteiger charge is -2.02. The van der Waals surface area contributed by atoms with Gasteiger partial charge in [0.2, 0.25) is 0 Å². The third kappa shape index (κ3) is 7.96. The van der Waals surface area contributed by atoms with E-state index in [9.17, 15) is 0 Å². The highest BCUT2D eigenvalue weighted by atomic mass is 14.8. The third-order valence-corrected chi connectivity index (χ3v) is 1.25. The van der Waals surface area contributed by atoms with E-state index in [0.29, 0.717) is 0 Å². The van der Waals surface area contributed by atoms with Gasteiger partial charge in [-0.2, -0.15) is 0 Å². The quantitative estimate of drug-likeness (QED) is 0.503. The summed E-state index contributed by atoms with van der Waals surface area (Å²) in [7, 11) is 0. The zero-order valence-corrected chi connectivity index (χ0v) is 6.85. The van der Waals surface area contributed by atoms with Gasteiger partial charge >= 0.3 is 0 Å². The lowest BCUT2D eigenvalue weighted by Crippen LogP contribution is -2.09. The summed E-state index contributed by atoms with van der Waals surface area (Å²) in [5, 5.41) is 4.33. The molecule has 0 aliphatic rings. The summed E-state index contributed by atoms with van der Waals surface area (Å²) in [6, 6.07) is 0. The van der Waals surface area contributed by atoms with Gasteiger partial charge in [-0.05, 0) is 18.8 Å². The molecular weight excluding hydrogens is 110 g/mol. The molecule has 0 aromatic carbocycles. The number of rotatable bonds is 5. The van der Waals surface area contributed by atoms with Gasteiger partial charge in [-0.3, -0.25) is 0 Å². The predicted octanol–water partition coefficient (Wildman–Crippen LogP) is 2.05. The molecule has 1 heteroatoms. The van der Waals surface area contributed by atoms with E-state index in [0.717, 1.165) is 19.0 Å². The fourth-order valence-electron chi connectivity index (χ4n) is 0.619. The van der Waals surface area contributed by atoms with Crippen molar-refractivity contribution in [3.05, 3.63) is 0 Å². The van der Waals surface area contributed by atoms with Crippen LogP contribution in [0.4, 0.5) is 0 Å². The number of hydrogen-bond acceptors (Lipinski definition) is 0. The maximum atomic E-state index is 4.33. The van der Waals surface area contributed by atoms with Crippen LogP contribution in [0.2, 0.25) is 0 Å². The molecular formula is C8H18N. The summed E-state index contributed by atoms with van der Waals surface area (Å²) in [5.74, 6) is 0.811. The van der Waals surface area contributed by atoms with Gasteiger partial charge in [-0.15, -0.1) is 0 Å². The Hall–Kier alpha value is -0.0400. The van der Waals surface area contributed by atoms with Crippen LogP contribution in [0.1, 0.15) is 33.6 Å². The second-order valence-electron chi connectivity index (χ2n) is 2.85. The van der Waals surface area contributed by atoms with Gasteiger partial charge in [0.15, 0.2) is 0 Å². The molecule has 1 radical (unpaired) electrons. The van der Waals surface area contributed by atoms with Crippen LogP contribution in [0, 0.1) is 5.92 Å². The van der Waals surface area contributed by atoms with E-state index in [1.54, 1.807) is 0 Å². The third-order valence-electron chi connectivity index (χ3n) is 1.25. The molecule has 0 aliphatic carbocycles. The molecule has 0 bridgehead atoms. The van der Waals surface area contributed by atoms with E-state index in [-0.39, 0.29) is 0 Å². The highest BCUT2D eigenvalue weighted by Crippen LogP contribution is 1.96. The van der Waals surface area contributed by atoms with E-state index in [1.165, 1.54) is 12.8 Å². The molecule has 0 heterocycles. The molecule has 0 rings (SSSR count). The minimum absolute atomic E-state index is 0.811. The first kappa shape index (κ1) is 8.96. The monoisotopic (exact) mass is 128 g/mol. The van der Waals surface area contributed by atoms with Crippen molar-refractivity contribution >= 4 is 0 Å². The number of nitrogens with zero attached hydrogens (tertiary/aromatic N) is 1. The van der Waals surface area contributed by atoms with Gasteiger partial charge in [-0.1, -0.05) is 20.8 Å². The van der Waals surface area contributed by atoms with Crippen molar-refractivity contribution in [3.63, 3.8) is 0 Å². The molecule has 1 nitrogen and oxygen atoms in total. The summed E-state index contributed by atoms with van der Waals surface area (Å²) >= 11 is 0. The Morgan fingerprint density at radius 2 is 1.89 bits per heavy atom. The zero-order chi connectivity index (χ0) is 7.11. The minimum Gasteiger partial charge on any atom is -0.242 e. The topological polar surface area (TPSA) is 14.1 Å². The average Bonchev–Trinajstić information content (AvgIpc) is 1.80. The standard InChI is InChI=1S/C8H18N/c1-4-6-9-7-5-8(2)3/h8H,4-7H2,1-3H3. The first-order valence-electron chi connectivity index (χ1n) is 3.90. The van der Waals surface area contributed by atoms with Gasteiger partial charge in [0.1, 0.15) is 0 Å². The van der Waals surface area contributed by atoms with Crippen LogP contribution in [0.5, 0.6) is 0 Å². The Morgan fingerprint density at radius 3 is 2.33 bits per heavy atom. The van der Waals surface area contributed by atoms with Crippen LogP contribution < -0.4 is 5.32 Å². The van der Waals surface area contributed by atoms with Crippen molar-refractivity contribution in [1.82, 2.24) is 5.32 Å². The van der Waals surface area contributed by atoms with Crippen molar-refractivity contribution < 1.29 is 0 Å². The van der Waals surface area contributed by atoms with Crippen LogP contribution in [0.3, 0.4) is 0 Å². The Balaban J connectivity index is 2.75. The highest BCUT2D eigenvalue weighted by Gasteiger charge is 1.91. The lowest BCUT2D eigenvalue weighted by atomic mass is 10.1. The van der Waals surface area contributed by atoms with Gasteiger partial charge in [0.25, 0.3) is 0 Å². The first-order chi connectivity index (χ1) is 4.27. The molecule has 0 aromatic rings. The molecule has 0 unspecified atom stereocenters. The van der Waals surface area contributed by atoms with E-state index in [4.69, 9.17) is 0 Å². The molecule has 0 spiro atoms. The smallest absolute Gasteiger partial charge is 0.0135 e. The van der Waals surface area contributed by atoms with E-state index >= 15 is 0 Å². The molecule has 0 saturated heterocycles. The minimum atomic E-state index is 0.811. The van der Waals surface area contributed by atoms with Gasteiger partial charge in [0, 0.05) is 13.1 Å². The van der Waals surface area contributed by atoms with Crippen molar-refractivity contribution in [2.75, 3.05) is 13.1 Å². The largest absolute Gasteiger partial charge is 0.242 e. The second kappa shape index (κ2) is 6.09. The van der Waals surface area contributed by atoms with Crippen molar-refractivity contribution in [2.24, 2.45) is 5.92 Å². The average molecular weight is 128 g/mol. The number of hydrogen-bond donors (Lipinski definition) is 0. The van der Waals surface area contributed by atoms with Crippen LogP contribution in [-0.2, 0) is 0 Å². The molecule has 0 N–H and O–H groups in total. The van der Waals surface area contributed by atoms with Gasteiger partial charge in [-0.25, -0.2) is 5.32 Å². The molecule has 0 saturated carbocycles. The molecule has 0 atom stereocenters. The summed E-state index contributed by atoms with van der Waals surface area (Å²) < 4.78 is 0. The SMILES string of the molecule is CCC[N]CCC(C)C. The highest BCUT2D eigenvalue weighted by molar-refractivity contribution is 4.48. The van der Waals surface area contributed by atoms with Crippen LogP contribution in [-0.4, -0.2) is 13.1 Å². The Bertz CT molecular complexity index is 50.5. The lowest BCUT2D eigenvalue weighted by molar-refractivity contribution is 0.531. The summed E-state index contributed by atoms with van der Waals surface area (Å²) in [5.41, 5.74) is 0. The van der Waals surface area contributed by atoms with Crippen LogP contribution in [0.15, 0.2) is 0 Å². The zero-order valence-electron chi connectivity index (χ0n) is 6.85. The molecule has 55 valence electrons. The fraction of sp³-hybridized carbons (Fsp3) is 1.00. The van der Waals surface area contributed by atoms with Gasteiger partial charge in [0.05, 0.1) is 0 Å². The van der Waals surface area contributed by atoms with Gasteiger partial charge < -0.3 is 0 Å². The van der Waals surface area contributed by atoms with Crippen molar-refractivity contribution in [2.45, 2.75) is 33.6 Å². The van der Waals surface area contributed by atoms with Crippen molar-refractivity contribution in [3.8, 4) is 0 Å². The Labute approximate surface area is 58.8 Å². The maximum Gasteiger partial charge on any atom is 0.0135 e. The molecule has 0 aliphatic heterocycles. The fourth-order valence-corrected chi connectivity index (χ4v) is 0.619. The normalized spacial score (nSPS) is 10.7. The summed E-state index contributed by atoms with van der Waals surface area (Å²) in [6.07, 6.45) is 2.44. The van der Waals surface area contributed by atoms with E-state index in [1.807, 2.05) is 0 Å². The molecule has 9 heavy (non-hydrogen) atoms. The predicted molar refractivity (Wildman–Crippen MR) is 41.6 cm³/mol. The Morgan fingerprint density at radius 1 is 1.22 bits per heavy atom. The molecule has 0 fully saturated rings. The van der Waals surface area contributed by atoms with Crippen LogP contribution >= 0.6 is 0 Å². The Kier molecular flexibility index (Phi) is 6.06. The molecule has 0 amide bonds. The summed E-state index contributed by atoms with van der Waals surface area (Å²) in [6.45, 7) is 8.75. The van der Waals surface area contributed by atoms with E-state index in [2.05, 4.69) is 26.1 Å². The van der Waals surface area contributed by atoms with Crippen molar-refractivity contribution in [1.29, 1.82) is 0 Å². The van der Waals surface area contributed by atoms with E-state index < -0.39 is 0 Å². The van der Waals surface area contributed by atoms with Crippen LogP contribution in [0.25, 0.3) is 0 Å². The summed E-state index contributed by atoms with van der Waals surface area (Å²) in [4.78, 5) is 0. The maximum absolute atomic E-state index is 4.33. The second-order valence-corrected chi connectivity index (χ2v) is 2.85. The first-order valence-corrected chi connectivity index (χ1v) is 3.90. The molecule has 0 aromatic heterocycles.